The van der Waals surface area contributed by atoms with E-state index < -0.39 is 0 Å². The van der Waals surface area contributed by atoms with Crippen LogP contribution in [0.2, 0.25) is 0 Å². The highest BCUT2D eigenvalue weighted by atomic mass is 15.2. The first-order chi connectivity index (χ1) is 10.0. The van der Waals surface area contributed by atoms with Crippen molar-refractivity contribution in [1.29, 1.82) is 0 Å². The van der Waals surface area contributed by atoms with Gasteiger partial charge in [-0.2, -0.15) is 0 Å². The van der Waals surface area contributed by atoms with E-state index in [1.54, 1.807) is 0 Å². The molecule has 1 aromatic rings. The molecule has 4 heteroatoms. The van der Waals surface area contributed by atoms with Crippen molar-refractivity contribution in [3.05, 3.63) is 18.2 Å². The van der Waals surface area contributed by atoms with Crippen LogP contribution in [-0.4, -0.2) is 34.1 Å². The van der Waals surface area contributed by atoms with Gasteiger partial charge < -0.3 is 10.3 Å². The number of aromatic nitrogens is 2. The Hall–Kier alpha value is -0.870. The summed E-state index contributed by atoms with van der Waals surface area (Å²) in [4.78, 5) is 6.90. The van der Waals surface area contributed by atoms with Crippen molar-refractivity contribution in [1.82, 2.24) is 14.5 Å². The minimum atomic E-state index is 0.305. The van der Waals surface area contributed by atoms with Gasteiger partial charge >= 0.3 is 0 Å². The first kappa shape index (κ1) is 15.0. The van der Waals surface area contributed by atoms with Gasteiger partial charge in [-0.1, -0.05) is 13.8 Å². The van der Waals surface area contributed by atoms with Gasteiger partial charge in [0.25, 0.3) is 0 Å². The quantitative estimate of drug-likeness (QED) is 0.906. The van der Waals surface area contributed by atoms with E-state index in [0.29, 0.717) is 30.1 Å². The van der Waals surface area contributed by atoms with E-state index in [1.807, 2.05) is 12.5 Å². The van der Waals surface area contributed by atoms with Crippen molar-refractivity contribution in [3.8, 4) is 0 Å². The lowest BCUT2D eigenvalue weighted by atomic mass is 9.75. The van der Waals surface area contributed by atoms with E-state index in [1.165, 1.54) is 44.2 Å². The van der Waals surface area contributed by atoms with Crippen molar-refractivity contribution >= 4 is 0 Å². The van der Waals surface area contributed by atoms with E-state index >= 15 is 0 Å². The fourth-order valence-electron chi connectivity index (χ4n) is 3.77. The summed E-state index contributed by atoms with van der Waals surface area (Å²) in [7, 11) is 2.25. The highest BCUT2D eigenvalue weighted by molar-refractivity contribution is 5.10. The van der Waals surface area contributed by atoms with Gasteiger partial charge in [0.15, 0.2) is 0 Å². The van der Waals surface area contributed by atoms with Crippen LogP contribution in [-0.2, 0) is 0 Å². The molecule has 0 spiro atoms. The van der Waals surface area contributed by atoms with Crippen LogP contribution in [0.15, 0.2) is 12.5 Å². The summed E-state index contributed by atoms with van der Waals surface area (Å²) in [6.07, 6.45) is 11.8. The number of likely N-dealkylation sites (N-methyl/N-ethyl adjacent to an activating group) is 1. The van der Waals surface area contributed by atoms with Gasteiger partial charge in [0, 0.05) is 24.8 Å². The van der Waals surface area contributed by atoms with E-state index in [-0.39, 0.29) is 0 Å². The molecule has 0 bridgehead atoms. The predicted molar refractivity (Wildman–Crippen MR) is 86.1 cm³/mol. The Morgan fingerprint density at radius 2 is 2.00 bits per heavy atom. The van der Waals surface area contributed by atoms with Crippen LogP contribution in [0.3, 0.4) is 0 Å². The molecule has 2 fully saturated rings. The Morgan fingerprint density at radius 1 is 1.33 bits per heavy atom. The van der Waals surface area contributed by atoms with Crippen LogP contribution >= 0.6 is 0 Å². The van der Waals surface area contributed by atoms with Crippen LogP contribution in [0.4, 0.5) is 0 Å². The molecule has 2 aliphatic carbocycles. The summed E-state index contributed by atoms with van der Waals surface area (Å²) < 4.78 is 2.36. The van der Waals surface area contributed by atoms with Crippen molar-refractivity contribution in [2.24, 2.45) is 11.1 Å². The standard InChI is InChI=1S/C17H30N4/c1-17(2)8-6-13(7-9-17)20(3)15(10-18)16-11-19-12-21(16)14-4-5-14/h11-15H,4-10,18H2,1-3H3. The lowest BCUT2D eigenvalue weighted by molar-refractivity contribution is 0.0938. The second-order valence-electron chi connectivity index (χ2n) is 7.77. The van der Waals surface area contributed by atoms with Gasteiger partial charge in [0.1, 0.15) is 0 Å². The SMILES string of the molecule is CN(C1CCC(C)(C)CC1)C(CN)c1cncn1C1CC1. The fraction of sp³-hybridized carbons (Fsp3) is 0.824. The summed E-state index contributed by atoms with van der Waals surface area (Å²) in [5, 5.41) is 0. The number of hydrogen-bond donors (Lipinski definition) is 1. The van der Waals surface area contributed by atoms with Crippen LogP contribution in [0.25, 0.3) is 0 Å². The molecule has 0 saturated heterocycles. The second-order valence-corrected chi connectivity index (χ2v) is 7.77. The van der Waals surface area contributed by atoms with Crippen molar-refractivity contribution in [2.45, 2.75) is 70.5 Å². The second kappa shape index (κ2) is 5.73. The zero-order chi connectivity index (χ0) is 15.0. The first-order valence-corrected chi connectivity index (χ1v) is 8.45. The van der Waals surface area contributed by atoms with Gasteiger partial charge in [-0.15, -0.1) is 0 Å². The molecule has 21 heavy (non-hydrogen) atoms. The van der Waals surface area contributed by atoms with Gasteiger partial charge in [-0.3, -0.25) is 4.90 Å². The van der Waals surface area contributed by atoms with Crippen LogP contribution in [0.5, 0.6) is 0 Å². The Labute approximate surface area is 128 Å². The lowest BCUT2D eigenvalue weighted by Crippen LogP contribution is -2.42. The van der Waals surface area contributed by atoms with Crippen LogP contribution < -0.4 is 5.73 Å². The van der Waals surface area contributed by atoms with Crippen molar-refractivity contribution < 1.29 is 0 Å². The number of imidazole rings is 1. The Kier molecular flexibility index (Phi) is 4.10. The maximum absolute atomic E-state index is 6.13. The third-order valence-corrected chi connectivity index (χ3v) is 5.58. The highest BCUT2D eigenvalue weighted by Gasteiger charge is 2.34. The minimum absolute atomic E-state index is 0.305. The van der Waals surface area contributed by atoms with Gasteiger partial charge in [0.05, 0.1) is 18.1 Å². The van der Waals surface area contributed by atoms with E-state index in [9.17, 15) is 0 Å². The molecule has 0 aliphatic heterocycles. The summed E-state index contributed by atoms with van der Waals surface area (Å²) in [5.74, 6) is 0. The van der Waals surface area contributed by atoms with E-state index in [2.05, 4.69) is 35.3 Å². The molecule has 1 heterocycles. The molecule has 0 amide bonds. The first-order valence-electron chi connectivity index (χ1n) is 8.45. The molecular weight excluding hydrogens is 260 g/mol. The van der Waals surface area contributed by atoms with Gasteiger partial charge in [-0.25, -0.2) is 4.98 Å². The molecule has 1 aromatic heterocycles. The average Bonchev–Trinajstić information content (AvgIpc) is 3.19. The van der Waals surface area contributed by atoms with Crippen LogP contribution in [0, 0.1) is 5.41 Å². The summed E-state index contributed by atoms with van der Waals surface area (Å²) >= 11 is 0. The van der Waals surface area contributed by atoms with Gasteiger partial charge in [-0.05, 0) is 51.0 Å². The maximum atomic E-state index is 6.13. The van der Waals surface area contributed by atoms with Crippen molar-refractivity contribution in [3.63, 3.8) is 0 Å². The normalized spacial score (nSPS) is 24.4. The van der Waals surface area contributed by atoms with E-state index in [4.69, 9.17) is 5.73 Å². The minimum Gasteiger partial charge on any atom is -0.330 e. The number of rotatable bonds is 5. The molecule has 2 N–H and O–H groups in total. The molecule has 2 aliphatic rings. The molecule has 118 valence electrons. The van der Waals surface area contributed by atoms with Gasteiger partial charge in [0.2, 0.25) is 0 Å². The van der Waals surface area contributed by atoms with Crippen molar-refractivity contribution in [2.75, 3.05) is 13.6 Å². The molecular formula is C17H30N4. The lowest BCUT2D eigenvalue weighted by Gasteiger charge is -2.41. The average molecular weight is 290 g/mol. The Balaban J connectivity index is 1.72. The molecule has 3 rings (SSSR count). The zero-order valence-corrected chi connectivity index (χ0v) is 13.8. The summed E-state index contributed by atoms with van der Waals surface area (Å²) in [5.41, 5.74) is 7.96. The molecule has 0 aromatic carbocycles. The molecule has 1 atom stereocenters. The zero-order valence-electron chi connectivity index (χ0n) is 13.8. The molecule has 2 saturated carbocycles. The molecule has 1 unspecified atom stereocenters. The third-order valence-electron chi connectivity index (χ3n) is 5.58. The largest absolute Gasteiger partial charge is 0.330 e. The Morgan fingerprint density at radius 3 is 2.57 bits per heavy atom. The maximum Gasteiger partial charge on any atom is 0.0951 e. The van der Waals surface area contributed by atoms with Crippen LogP contribution in [0.1, 0.15) is 70.2 Å². The number of nitrogens with zero attached hydrogens (tertiary/aromatic N) is 3. The topological polar surface area (TPSA) is 47.1 Å². The van der Waals surface area contributed by atoms with E-state index in [0.717, 1.165) is 0 Å². The smallest absolute Gasteiger partial charge is 0.0951 e. The number of hydrogen-bond acceptors (Lipinski definition) is 3. The monoisotopic (exact) mass is 290 g/mol. The predicted octanol–water partition coefficient (Wildman–Crippen LogP) is 3.12. The fourth-order valence-corrected chi connectivity index (χ4v) is 3.77. The third kappa shape index (κ3) is 3.16. The Bertz CT molecular complexity index is 465. The number of nitrogens with two attached hydrogens (primary N) is 1. The summed E-state index contributed by atoms with van der Waals surface area (Å²) in [6, 6.07) is 1.64. The summed E-state index contributed by atoms with van der Waals surface area (Å²) in [6.45, 7) is 5.46. The molecule has 4 nitrogen and oxygen atoms in total. The molecule has 0 radical (unpaired) electrons. The highest BCUT2D eigenvalue weighted by Crippen LogP contribution is 2.40.